The minimum Gasteiger partial charge on any atom is -0.496 e. The highest BCUT2D eigenvalue weighted by atomic mass is 19.1. The number of ether oxygens (including phenoxy) is 1. The average Bonchev–Trinajstić information content (AvgIpc) is 2.41. The van der Waals surface area contributed by atoms with Gasteiger partial charge in [0.1, 0.15) is 11.6 Å². The lowest BCUT2D eigenvalue weighted by Gasteiger charge is -2.18. The van der Waals surface area contributed by atoms with E-state index in [0.29, 0.717) is 0 Å². The van der Waals surface area contributed by atoms with Crippen LogP contribution >= 0.6 is 0 Å². The van der Waals surface area contributed by atoms with Gasteiger partial charge in [-0.3, -0.25) is 0 Å². The predicted molar refractivity (Wildman–Crippen MR) is 75.0 cm³/mol. The number of aryl methyl sites for hydroxylation is 1. The van der Waals surface area contributed by atoms with Crippen molar-refractivity contribution in [2.45, 2.75) is 13.0 Å². The van der Waals surface area contributed by atoms with E-state index in [1.807, 2.05) is 38.2 Å². The fourth-order valence-electron chi connectivity index (χ4n) is 2.23. The summed E-state index contributed by atoms with van der Waals surface area (Å²) >= 11 is 0. The van der Waals surface area contributed by atoms with Gasteiger partial charge in [-0.05, 0) is 48.9 Å². The van der Waals surface area contributed by atoms with Crippen molar-refractivity contribution in [1.29, 1.82) is 0 Å². The smallest absolute Gasteiger partial charge is 0.123 e. The van der Waals surface area contributed by atoms with Crippen LogP contribution in [0.2, 0.25) is 0 Å². The molecule has 0 saturated heterocycles. The summed E-state index contributed by atoms with van der Waals surface area (Å²) in [6.45, 7) is 2.00. The van der Waals surface area contributed by atoms with Crippen molar-refractivity contribution in [3.05, 3.63) is 65.0 Å². The largest absolute Gasteiger partial charge is 0.496 e. The van der Waals surface area contributed by atoms with Crippen molar-refractivity contribution in [2.24, 2.45) is 0 Å². The van der Waals surface area contributed by atoms with E-state index in [1.165, 1.54) is 6.07 Å². The van der Waals surface area contributed by atoms with Crippen molar-refractivity contribution >= 4 is 0 Å². The Morgan fingerprint density at radius 2 is 1.84 bits per heavy atom. The minimum atomic E-state index is -0.225. The SMILES string of the molecule is CNC(c1cccc(F)c1)c1ccc(C)c(OC)c1. The third kappa shape index (κ3) is 2.93. The van der Waals surface area contributed by atoms with E-state index in [1.54, 1.807) is 19.2 Å². The highest BCUT2D eigenvalue weighted by Gasteiger charge is 2.14. The molecule has 2 aromatic carbocycles. The van der Waals surface area contributed by atoms with Crippen LogP contribution in [0.15, 0.2) is 42.5 Å². The first-order chi connectivity index (χ1) is 9.15. The Kier molecular flexibility index (Phi) is 4.17. The molecule has 19 heavy (non-hydrogen) atoms. The van der Waals surface area contributed by atoms with E-state index in [-0.39, 0.29) is 11.9 Å². The summed E-state index contributed by atoms with van der Waals surface area (Å²) in [6, 6.07) is 12.6. The number of hydrogen-bond acceptors (Lipinski definition) is 2. The second-order valence-corrected chi connectivity index (χ2v) is 4.51. The van der Waals surface area contributed by atoms with Gasteiger partial charge in [-0.15, -0.1) is 0 Å². The van der Waals surface area contributed by atoms with Crippen LogP contribution in [0.3, 0.4) is 0 Å². The number of methoxy groups -OCH3 is 1. The van der Waals surface area contributed by atoms with Gasteiger partial charge in [-0.2, -0.15) is 0 Å². The molecule has 2 nitrogen and oxygen atoms in total. The van der Waals surface area contributed by atoms with Gasteiger partial charge in [0.05, 0.1) is 13.2 Å². The Morgan fingerprint density at radius 3 is 2.47 bits per heavy atom. The summed E-state index contributed by atoms with van der Waals surface area (Å²) in [5.74, 6) is 0.617. The van der Waals surface area contributed by atoms with Crippen LogP contribution < -0.4 is 10.1 Å². The van der Waals surface area contributed by atoms with Gasteiger partial charge < -0.3 is 10.1 Å². The molecule has 100 valence electrons. The van der Waals surface area contributed by atoms with Gasteiger partial charge in [0, 0.05) is 0 Å². The molecule has 0 spiro atoms. The molecule has 0 heterocycles. The Labute approximate surface area is 113 Å². The molecular formula is C16H18FNO. The molecule has 0 amide bonds. The lowest BCUT2D eigenvalue weighted by Crippen LogP contribution is -2.17. The number of benzene rings is 2. The van der Waals surface area contributed by atoms with Gasteiger partial charge in [-0.25, -0.2) is 4.39 Å². The quantitative estimate of drug-likeness (QED) is 0.908. The summed E-state index contributed by atoms with van der Waals surface area (Å²) < 4.78 is 18.7. The van der Waals surface area contributed by atoms with E-state index in [2.05, 4.69) is 5.32 Å². The maximum absolute atomic E-state index is 13.3. The zero-order valence-corrected chi connectivity index (χ0v) is 11.4. The van der Waals surface area contributed by atoms with Gasteiger partial charge in [0.15, 0.2) is 0 Å². The van der Waals surface area contributed by atoms with Crippen molar-refractivity contribution < 1.29 is 9.13 Å². The molecule has 0 aliphatic heterocycles. The lowest BCUT2D eigenvalue weighted by molar-refractivity contribution is 0.410. The molecule has 1 atom stereocenters. The van der Waals surface area contributed by atoms with Gasteiger partial charge in [0.2, 0.25) is 0 Å². The zero-order valence-electron chi connectivity index (χ0n) is 11.4. The number of halogens is 1. The second-order valence-electron chi connectivity index (χ2n) is 4.51. The second kappa shape index (κ2) is 5.85. The summed E-state index contributed by atoms with van der Waals surface area (Å²) in [7, 11) is 3.52. The third-order valence-corrected chi connectivity index (χ3v) is 3.24. The molecule has 0 aliphatic rings. The molecule has 0 saturated carbocycles. The van der Waals surface area contributed by atoms with Crippen molar-refractivity contribution in [2.75, 3.05) is 14.2 Å². The summed E-state index contributed by atoms with van der Waals surface area (Å²) in [6.07, 6.45) is 0. The first-order valence-corrected chi connectivity index (χ1v) is 6.23. The highest BCUT2D eigenvalue weighted by Crippen LogP contribution is 2.27. The Morgan fingerprint density at radius 1 is 1.11 bits per heavy atom. The first kappa shape index (κ1) is 13.6. The Balaban J connectivity index is 2.42. The first-order valence-electron chi connectivity index (χ1n) is 6.23. The molecule has 1 N–H and O–H groups in total. The molecular weight excluding hydrogens is 241 g/mol. The molecule has 3 heteroatoms. The Bertz CT molecular complexity index is 568. The molecule has 1 unspecified atom stereocenters. The standard InChI is InChI=1S/C16H18FNO/c1-11-7-8-13(10-15(11)19-3)16(18-2)12-5-4-6-14(17)9-12/h4-10,16,18H,1-3H3. The molecule has 2 aromatic rings. The van der Waals surface area contributed by atoms with Crippen molar-refractivity contribution in [3.8, 4) is 5.75 Å². The normalized spacial score (nSPS) is 12.2. The molecule has 0 bridgehead atoms. The van der Waals surface area contributed by atoms with Crippen LogP contribution in [-0.2, 0) is 0 Å². The van der Waals surface area contributed by atoms with E-state index in [0.717, 1.165) is 22.4 Å². The molecule has 0 aliphatic carbocycles. The van der Waals surface area contributed by atoms with Crippen LogP contribution in [-0.4, -0.2) is 14.2 Å². The molecule has 0 aromatic heterocycles. The Hall–Kier alpha value is -1.87. The molecule has 2 rings (SSSR count). The maximum Gasteiger partial charge on any atom is 0.123 e. The van der Waals surface area contributed by atoms with E-state index in [4.69, 9.17) is 4.74 Å². The summed E-state index contributed by atoms with van der Waals surface area (Å²) in [4.78, 5) is 0. The van der Waals surface area contributed by atoms with Crippen LogP contribution in [0, 0.1) is 12.7 Å². The number of hydrogen-bond donors (Lipinski definition) is 1. The van der Waals surface area contributed by atoms with E-state index < -0.39 is 0 Å². The van der Waals surface area contributed by atoms with Crippen molar-refractivity contribution in [3.63, 3.8) is 0 Å². The van der Waals surface area contributed by atoms with Gasteiger partial charge >= 0.3 is 0 Å². The van der Waals surface area contributed by atoms with Crippen molar-refractivity contribution in [1.82, 2.24) is 5.32 Å². The summed E-state index contributed by atoms with van der Waals surface area (Å²) in [5.41, 5.74) is 3.03. The monoisotopic (exact) mass is 259 g/mol. The number of nitrogens with one attached hydrogen (secondary N) is 1. The van der Waals surface area contributed by atoms with Crippen LogP contribution in [0.1, 0.15) is 22.7 Å². The van der Waals surface area contributed by atoms with Gasteiger partial charge in [0.25, 0.3) is 0 Å². The summed E-state index contributed by atoms with van der Waals surface area (Å²) in [5, 5.41) is 3.21. The lowest BCUT2D eigenvalue weighted by atomic mass is 9.97. The van der Waals surface area contributed by atoms with E-state index >= 15 is 0 Å². The van der Waals surface area contributed by atoms with Crippen LogP contribution in [0.25, 0.3) is 0 Å². The third-order valence-electron chi connectivity index (χ3n) is 3.24. The van der Waals surface area contributed by atoms with Gasteiger partial charge in [-0.1, -0.05) is 24.3 Å². The molecule has 0 fully saturated rings. The number of rotatable bonds is 4. The topological polar surface area (TPSA) is 21.3 Å². The fraction of sp³-hybridized carbons (Fsp3) is 0.250. The van der Waals surface area contributed by atoms with Crippen LogP contribution in [0.5, 0.6) is 5.75 Å². The predicted octanol–water partition coefficient (Wildman–Crippen LogP) is 3.45. The maximum atomic E-state index is 13.3. The average molecular weight is 259 g/mol. The fourth-order valence-corrected chi connectivity index (χ4v) is 2.23. The zero-order chi connectivity index (χ0) is 13.8. The minimum absolute atomic E-state index is 0.0507. The highest BCUT2D eigenvalue weighted by molar-refractivity contribution is 5.41. The molecule has 0 radical (unpaired) electrons. The van der Waals surface area contributed by atoms with E-state index in [9.17, 15) is 4.39 Å². The van der Waals surface area contributed by atoms with Crippen LogP contribution in [0.4, 0.5) is 4.39 Å².